The summed E-state index contributed by atoms with van der Waals surface area (Å²) in [6, 6.07) is 0.442. The maximum absolute atomic E-state index is 5.05. The Morgan fingerprint density at radius 2 is 2.22 bits per heavy atom. The van der Waals surface area contributed by atoms with E-state index in [0.717, 1.165) is 39.0 Å². The highest BCUT2D eigenvalue weighted by atomic mass is 16.5. The summed E-state index contributed by atoms with van der Waals surface area (Å²) in [7, 11) is 1.75. The zero-order valence-electron chi connectivity index (χ0n) is 12.0. The van der Waals surface area contributed by atoms with E-state index in [4.69, 9.17) is 4.74 Å². The lowest BCUT2D eigenvalue weighted by atomic mass is 10.1. The molecule has 0 saturated heterocycles. The van der Waals surface area contributed by atoms with Crippen molar-refractivity contribution in [3.63, 3.8) is 0 Å². The van der Waals surface area contributed by atoms with Crippen molar-refractivity contribution in [2.75, 3.05) is 20.3 Å². The molecule has 1 heterocycles. The first-order valence-corrected chi connectivity index (χ1v) is 7.06. The number of ether oxygens (including phenoxy) is 1. The van der Waals surface area contributed by atoms with Gasteiger partial charge in [0.2, 0.25) is 0 Å². The van der Waals surface area contributed by atoms with Crippen molar-refractivity contribution in [1.29, 1.82) is 0 Å². The van der Waals surface area contributed by atoms with E-state index in [-0.39, 0.29) is 0 Å². The molecule has 0 spiro atoms. The second-order valence-electron chi connectivity index (χ2n) is 4.65. The molecule has 0 aliphatic carbocycles. The minimum absolute atomic E-state index is 0.442. The molecule has 1 unspecified atom stereocenters. The lowest BCUT2D eigenvalue weighted by molar-refractivity contribution is 0.191. The molecule has 1 aromatic heterocycles. The number of nitrogens with zero attached hydrogens (tertiary/aromatic N) is 2. The molecule has 0 fully saturated rings. The molecule has 1 rings (SSSR count). The Morgan fingerprint density at radius 1 is 1.39 bits per heavy atom. The van der Waals surface area contributed by atoms with E-state index in [1.54, 1.807) is 7.11 Å². The van der Waals surface area contributed by atoms with Crippen LogP contribution in [0.1, 0.15) is 51.1 Å². The number of methoxy groups -OCH3 is 1. The second kappa shape index (κ2) is 9.11. The normalized spacial score (nSPS) is 12.8. The molecule has 0 aliphatic heterocycles. The summed E-state index contributed by atoms with van der Waals surface area (Å²) in [6.45, 7) is 7.29. The number of nitrogens with one attached hydrogen (secondary N) is 1. The van der Waals surface area contributed by atoms with Gasteiger partial charge in [0.25, 0.3) is 0 Å². The fraction of sp³-hybridized carbons (Fsp3) is 0.786. The monoisotopic (exact) mass is 253 g/mol. The summed E-state index contributed by atoms with van der Waals surface area (Å²) in [4.78, 5) is 0. The zero-order chi connectivity index (χ0) is 13.2. The Hall–Kier alpha value is -0.870. The van der Waals surface area contributed by atoms with Crippen LogP contribution in [0.5, 0.6) is 0 Å². The van der Waals surface area contributed by atoms with Crippen molar-refractivity contribution in [1.82, 2.24) is 15.1 Å². The minimum Gasteiger partial charge on any atom is -0.385 e. The summed E-state index contributed by atoms with van der Waals surface area (Å²) < 4.78 is 7.09. The Labute approximate surface area is 111 Å². The second-order valence-corrected chi connectivity index (χ2v) is 4.65. The fourth-order valence-corrected chi connectivity index (χ4v) is 2.02. The molecular formula is C14H27N3O. The maximum atomic E-state index is 5.05. The smallest absolute Gasteiger partial charge is 0.0537 e. The average Bonchev–Trinajstić information content (AvgIpc) is 2.84. The Morgan fingerprint density at radius 3 is 2.89 bits per heavy atom. The van der Waals surface area contributed by atoms with Gasteiger partial charge < -0.3 is 10.1 Å². The van der Waals surface area contributed by atoms with Crippen molar-refractivity contribution in [3.05, 3.63) is 18.0 Å². The SMILES string of the molecule is CCCNC(CC)c1cnn(CCCCOC)c1. The van der Waals surface area contributed by atoms with E-state index in [1.807, 2.05) is 10.9 Å². The Balaban J connectivity index is 2.40. The molecule has 1 aromatic rings. The molecule has 0 aliphatic rings. The van der Waals surface area contributed by atoms with Crippen molar-refractivity contribution in [2.24, 2.45) is 0 Å². The van der Waals surface area contributed by atoms with E-state index in [9.17, 15) is 0 Å². The summed E-state index contributed by atoms with van der Waals surface area (Å²) >= 11 is 0. The highest BCUT2D eigenvalue weighted by Crippen LogP contribution is 2.15. The standard InChI is InChI=1S/C14H27N3O/c1-4-8-15-14(5-2)13-11-16-17(12-13)9-6-7-10-18-3/h11-12,14-15H,4-10H2,1-3H3. The Kier molecular flexibility index (Phi) is 7.69. The first-order valence-electron chi connectivity index (χ1n) is 7.06. The third-order valence-electron chi connectivity index (χ3n) is 3.09. The quantitative estimate of drug-likeness (QED) is 0.652. The van der Waals surface area contributed by atoms with E-state index in [2.05, 4.69) is 30.5 Å². The van der Waals surface area contributed by atoms with Crippen LogP contribution in [0.2, 0.25) is 0 Å². The molecule has 0 saturated carbocycles. The zero-order valence-corrected chi connectivity index (χ0v) is 12.0. The molecule has 4 heteroatoms. The molecule has 18 heavy (non-hydrogen) atoms. The van der Waals surface area contributed by atoms with E-state index >= 15 is 0 Å². The minimum atomic E-state index is 0.442. The first-order chi connectivity index (χ1) is 8.81. The fourth-order valence-electron chi connectivity index (χ4n) is 2.02. The highest BCUT2D eigenvalue weighted by molar-refractivity contribution is 5.10. The van der Waals surface area contributed by atoms with Gasteiger partial charge in [-0.05, 0) is 32.2 Å². The van der Waals surface area contributed by atoms with E-state index < -0.39 is 0 Å². The Bertz CT molecular complexity index is 312. The number of hydrogen-bond donors (Lipinski definition) is 1. The van der Waals surface area contributed by atoms with Gasteiger partial charge in [-0.25, -0.2) is 0 Å². The molecule has 0 bridgehead atoms. The van der Waals surface area contributed by atoms with Gasteiger partial charge in [-0.1, -0.05) is 13.8 Å². The van der Waals surface area contributed by atoms with Crippen molar-refractivity contribution < 1.29 is 4.74 Å². The number of hydrogen-bond acceptors (Lipinski definition) is 3. The summed E-state index contributed by atoms with van der Waals surface area (Å²) in [5, 5.41) is 7.98. The van der Waals surface area contributed by atoms with Crippen LogP contribution in [-0.4, -0.2) is 30.0 Å². The van der Waals surface area contributed by atoms with E-state index in [0.29, 0.717) is 6.04 Å². The number of rotatable bonds is 10. The molecule has 1 N–H and O–H groups in total. The van der Waals surface area contributed by atoms with E-state index in [1.165, 1.54) is 12.0 Å². The van der Waals surface area contributed by atoms with Crippen LogP contribution in [0.4, 0.5) is 0 Å². The van der Waals surface area contributed by atoms with Gasteiger partial charge in [-0.2, -0.15) is 5.10 Å². The van der Waals surface area contributed by atoms with Crippen LogP contribution in [0.25, 0.3) is 0 Å². The van der Waals surface area contributed by atoms with Gasteiger partial charge in [0.05, 0.1) is 6.20 Å². The van der Waals surface area contributed by atoms with Gasteiger partial charge in [-0.3, -0.25) is 4.68 Å². The van der Waals surface area contributed by atoms with Crippen LogP contribution in [-0.2, 0) is 11.3 Å². The van der Waals surface area contributed by atoms with Crippen molar-refractivity contribution in [2.45, 2.75) is 52.1 Å². The molecule has 1 atom stereocenters. The van der Waals surface area contributed by atoms with Crippen molar-refractivity contribution >= 4 is 0 Å². The van der Waals surface area contributed by atoms with Gasteiger partial charge in [-0.15, -0.1) is 0 Å². The van der Waals surface area contributed by atoms with Crippen LogP contribution in [0.15, 0.2) is 12.4 Å². The van der Waals surface area contributed by atoms with Gasteiger partial charge in [0.1, 0.15) is 0 Å². The molecule has 0 amide bonds. The van der Waals surface area contributed by atoms with Crippen LogP contribution in [0, 0.1) is 0 Å². The molecule has 4 nitrogen and oxygen atoms in total. The lowest BCUT2D eigenvalue weighted by Gasteiger charge is -2.14. The summed E-state index contributed by atoms with van der Waals surface area (Å²) in [5.41, 5.74) is 1.30. The molecule has 0 radical (unpaired) electrons. The highest BCUT2D eigenvalue weighted by Gasteiger charge is 2.10. The summed E-state index contributed by atoms with van der Waals surface area (Å²) in [6.07, 6.45) is 8.65. The predicted molar refractivity (Wildman–Crippen MR) is 74.7 cm³/mol. The van der Waals surface area contributed by atoms with Crippen LogP contribution < -0.4 is 5.32 Å². The predicted octanol–water partition coefficient (Wildman–Crippen LogP) is 2.76. The van der Waals surface area contributed by atoms with Crippen LogP contribution in [0.3, 0.4) is 0 Å². The van der Waals surface area contributed by atoms with Gasteiger partial charge in [0.15, 0.2) is 0 Å². The molecule has 0 aromatic carbocycles. The molecule has 104 valence electrons. The van der Waals surface area contributed by atoms with Crippen LogP contribution >= 0.6 is 0 Å². The first kappa shape index (κ1) is 15.2. The van der Waals surface area contributed by atoms with Gasteiger partial charge >= 0.3 is 0 Å². The summed E-state index contributed by atoms with van der Waals surface area (Å²) in [5.74, 6) is 0. The number of aryl methyl sites for hydroxylation is 1. The molecular weight excluding hydrogens is 226 g/mol. The third kappa shape index (κ3) is 5.19. The third-order valence-corrected chi connectivity index (χ3v) is 3.09. The van der Waals surface area contributed by atoms with Crippen molar-refractivity contribution in [3.8, 4) is 0 Å². The number of aromatic nitrogens is 2. The van der Waals surface area contributed by atoms with Gasteiger partial charge in [0, 0.05) is 38.1 Å². The topological polar surface area (TPSA) is 39.1 Å². The lowest BCUT2D eigenvalue weighted by Crippen LogP contribution is -2.21. The average molecular weight is 253 g/mol. The maximum Gasteiger partial charge on any atom is 0.0537 e. The largest absolute Gasteiger partial charge is 0.385 e. The number of unbranched alkanes of at least 4 members (excludes halogenated alkanes) is 1.